The Morgan fingerprint density at radius 2 is 1.96 bits per heavy atom. The molecule has 0 atom stereocenters. The van der Waals surface area contributed by atoms with Crippen molar-refractivity contribution >= 4 is 33.2 Å². The molecule has 0 radical (unpaired) electrons. The van der Waals surface area contributed by atoms with Crippen LogP contribution in [0.4, 0.5) is 11.4 Å². The summed E-state index contributed by atoms with van der Waals surface area (Å²) in [7, 11) is 0. The average molecular weight is 419 g/mol. The molecule has 1 amide bonds. The van der Waals surface area contributed by atoms with Gasteiger partial charge in [0.15, 0.2) is 0 Å². The molecule has 1 fully saturated rings. The first-order chi connectivity index (χ1) is 12.5. The molecule has 5 nitrogen and oxygen atoms in total. The van der Waals surface area contributed by atoms with Crippen LogP contribution in [-0.2, 0) is 4.74 Å². The summed E-state index contributed by atoms with van der Waals surface area (Å²) in [6.07, 6.45) is 0.0667. The standard InChI is InChI=1S/C20H23BrN2O3/c1-14(2)26-17-5-3-4-15(12-17)20(24)22-16-6-7-19(18(21)13-16)23-8-10-25-11-9-23/h3-7,12-14H,8-11H2,1-2H3,(H,22,24). The second-order valence-electron chi connectivity index (χ2n) is 6.41. The van der Waals surface area contributed by atoms with Crippen LogP contribution < -0.4 is 15.0 Å². The van der Waals surface area contributed by atoms with Crippen LogP contribution in [0.15, 0.2) is 46.9 Å². The molecule has 0 spiro atoms. The number of benzene rings is 2. The Hall–Kier alpha value is -2.05. The Labute approximate surface area is 162 Å². The fourth-order valence-electron chi connectivity index (χ4n) is 2.83. The van der Waals surface area contributed by atoms with Gasteiger partial charge in [-0.1, -0.05) is 6.07 Å². The topological polar surface area (TPSA) is 50.8 Å². The van der Waals surface area contributed by atoms with Gasteiger partial charge in [-0.05, 0) is 66.2 Å². The lowest BCUT2D eigenvalue weighted by Crippen LogP contribution is -2.36. The highest BCUT2D eigenvalue weighted by Crippen LogP contribution is 2.30. The van der Waals surface area contributed by atoms with Crippen LogP contribution >= 0.6 is 15.9 Å². The molecule has 2 aromatic rings. The average Bonchev–Trinajstić information content (AvgIpc) is 2.62. The van der Waals surface area contributed by atoms with Crippen molar-refractivity contribution in [2.75, 3.05) is 36.5 Å². The molecule has 0 unspecified atom stereocenters. The first-order valence-corrected chi connectivity index (χ1v) is 9.52. The lowest BCUT2D eigenvalue weighted by molar-refractivity contribution is 0.102. The van der Waals surface area contributed by atoms with E-state index in [2.05, 4.69) is 26.1 Å². The van der Waals surface area contributed by atoms with Crippen LogP contribution in [0.1, 0.15) is 24.2 Å². The molecule has 2 aromatic carbocycles. The molecule has 26 heavy (non-hydrogen) atoms. The molecule has 0 aliphatic carbocycles. The number of hydrogen-bond acceptors (Lipinski definition) is 4. The summed E-state index contributed by atoms with van der Waals surface area (Å²) in [6, 6.07) is 13.1. The number of rotatable bonds is 5. The maximum Gasteiger partial charge on any atom is 0.255 e. The van der Waals surface area contributed by atoms with Gasteiger partial charge >= 0.3 is 0 Å². The highest BCUT2D eigenvalue weighted by atomic mass is 79.9. The molecule has 1 heterocycles. The van der Waals surface area contributed by atoms with Crippen LogP contribution in [0.3, 0.4) is 0 Å². The minimum Gasteiger partial charge on any atom is -0.491 e. The van der Waals surface area contributed by atoms with Crippen molar-refractivity contribution in [1.82, 2.24) is 0 Å². The minimum absolute atomic E-state index is 0.0667. The zero-order valence-corrected chi connectivity index (χ0v) is 16.6. The highest BCUT2D eigenvalue weighted by molar-refractivity contribution is 9.10. The summed E-state index contributed by atoms with van der Waals surface area (Å²) in [5.74, 6) is 0.529. The van der Waals surface area contributed by atoms with E-state index in [0.717, 1.165) is 42.2 Å². The number of amides is 1. The third-order valence-corrected chi connectivity index (χ3v) is 4.66. The molecule has 3 rings (SSSR count). The lowest BCUT2D eigenvalue weighted by Gasteiger charge is -2.29. The van der Waals surface area contributed by atoms with Gasteiger partial charge in [0, 0.05) is 28.8 Å². The molecule has 1 aliphatic heterocycles. The van der Waals surface area contributed by atoms with E-state index in [-0.39, 0.29) is 12.0 Å². The summed E-state index contributed by atoms with van der Waals surface area (Å²) in [5.41, 5.74) is 2.42. The molecule has 0 aromatic heterocycles. The van der Waals surface area contributed by atoms with Crippen molar-refractivity contribution in [3.8, 4) is 5.75 Å². The SMILES string of the molecule is CC(C)Oc1cccc(C(=O)Nc2ccc(N3CCOCC3)c(Br)c2)c1. The van der Waals surface area contributed by atoms with E-state index in [9.17, 15) is 4.79 Å². The van der Waals surface area contributed by atoms with E-state index in [1.807, 2.05) is 44.2 Å². The quantitative estimate of drug-likeness (QED) is 0.784. The number of morpholine rings is 1. The molecule has 1 aliphatic rings. The third-order valence-electron chi connectivity index (χ3n) is 4.03. The summed E-state index contributed by atoms with van der Waals surface area (Å²) in [6.45, 7) is 7.12. The summed E-state index contributed by atoms with van der Waals surface area (Å²) < 4.78 is 12.0. The van der Waals surface area contributed by atoms with E-state index in [1.165, 1.54) is 0 Å². The Morgan fingerprint density at radius 1 is 1.19 bits per heavy atom. The van der Waals surface area contributed by atoms with Gasteiger partial charge in [-0.25, -0.2) is 0 Å². The number of nitrogens with zero attached hydrogens (tertiary/aromatic N) is 1. The maximum absolute atomic E-state index is 12.5. The summed E-state index contributed by atoms with van der Waals surface area (Å²) in [5, 5.41) is 2.94. The van der Waals surface area contributed by atoms with Crippen LogP contribution in [0.5, 0.6) is 5.75 Å². The first kappa shape index (κ1) is 18.7. The fourth-order valence-corrected chi connectivity index (χ4v) is 3.46. The molecular formula is C20H23BrN2O3. The molecule has 6 heteroatoms. The van der Waals surface area contributed by atoms with Gasteiger partial charge in [0.2, 0.25) is 0 Å². The van der Waals surface area contributed by atoms with Crippen LogP contribution in [0.2, 0.25) is 0 Å². The second kappa shape index (κ2) is 8.56. The fraction of sp³-hybridized carbons (Fsp3) is 0.350. The summed E-state index contributed by atoms with van der Waals surface area (Å²) >= 11 is 3.61. The largest absolute Gasteiger partial charge is 0.491 e. The number of hydrogen-bond donors (Lipinski definition) is 1. The van der Waals surface area contributed by atoms with E-state index in [0.29, 0.717) is 11.3 Å². The summed E-state index contributed by atoms with van der Waals surface area (Å²) in [4.78, 5) is 14.8. The van der Waals surface area contributed by atoms with Gasteiger partial charge < -0.3 is 19.7 Å². The molecule has 0 saturated carbocycles. The smallest absolute Gasteiger partial charge is 0.255 e. The zero-order chi connectivity index (χ0) is 18.5. The number of nitrogens with one attached hydrogen (secondary N) is 1. The molecular weight excluding hydrogens is 396 g/mol. The van der Waals surface area contributed by atoms with Crippen molar-refractivity contribution in [2.45, 2.75) is 20.0 Å². The monoisotopic (exact) mass is 418 g/mol. The predicted octanol–water partition coefficient (Wildman–Crippen LogP) is 4.33. The number of anilines is 2. The number of ether oxygens (including phenoxy) is 2. The Balaban J connectivity index is 1.70. The van der Waals surface area contributed by atoms with Crippen molar-refractivity contribution in [3.05, 3.63) is 52.5 Å². The van der Waals surface area contributed by atoms with Crippen LogP contribution in [0, 0.1) is 0 Å². The van der Waals surface area contributed by atoms with Gasteiger partial charge in [0.05, 0.1) is 25.0 Å². The van der Waals surface area contributed by atoms with Crippen molar-refractivity contribution in [2.24, 2.45) is 0 Å². The second-order valence-corrected chi connectivity index (χ2v) is 7.27. The van der Waals surface area contributed by atoms with Crippen LogP contribution in [0.25, 0.3) is 0 Å². The number of carbonyl (C=O) groups is 1. The first-order valence-electron chi connectivity index (χ1n) is 8.73. The third kappa shape index (κ3) is 4.77. The van der Waals surface area contributed by atoms with Gasteiger partial charge in [-0.2, -0.15) is 0 Å². The van der Waals surface area contributed by atoms with Gasteiger partial charge in [0.25, 0.3) is 5.91 Å². The molecule has 1 N–H and O–H groups in total. The van der Waals surface area contributed by atoms with Crippen molar-refractivity contribution in [3.63, 3.8) is 0 Å². The van der Waals surface area contributed by atoms with Crippen molar-refractivity contribution < 1.29 is 14.3 Å². The van der Waals surface area contributed by atoms with Crippen molar-refractivity contribution in [1.29, 1.82) is 0 Å². The van der Waals surface area contributed by atoms with E-state index < -0.39 is 0 Å². The number of halogens is 1. The Morgan fingerprint density at radius 3 is 2.65 bits per heavy atom. The number of carbonyl (C=O) groups excluding carboxylic acids is 1. The highest BCUT2D eigenvalue weighted by Gasteiger charge is 2.15. The molecule has 1 saturated heterocycles. The normalized spacial score (nSPS) is 14.4. The zero-order valence-electron chi connectivity index (χ0n) is 15.0. The van der Waals surface area contributed by atoms with Gasteiger partial charge in [-0.15, -0.1) is 0 Å². The van der Waals surface area contributed by atoms with E-state index in [4.69, 9.17) is 9.47 Å². The maximum atomic E-state index is 12.5. The van der Waals surface area contributed by atoms with E-state index in [1.54, 1.807) is 12.1 Å². The van der Waals surface area contributed by atoms with Gasteiger partial charge in [-0.3, -0.25) is 4.79 Å². The minimum atomic E-state index is -0.162. The molecule has 0 bridgehead atoms. The Bertz CT molecular complexity index is 773. The molecule has 138 valence electrons. The van der Waals surface area contributed by atoms with E-state index >= 15 is 0 Å². The Kier molecular flexibility index (Phi) is 6.16. The van der Waals surface area contributed by atoms with Crippen LogP contribution in [-0.4, -0.2) is 38.3 Å². The predicted molar refractivity (Wildman–Crippen MR) is 107 cm³/mol. The van der Waals surface area contributed by atoms with Gasteiger partial charge in [0.1, 0.15) is 5.75 Å². The lowest BCUT2D eigenvalue weighted by atomic mass is 10.2.